The van der Waals surface area contributed by atoms with Crippen molar-refractivity contribution < 1.29 is 19.1 Å². The zero-order valence-electron chi connectivity index (χ0n) is 14.0. The van der Waals surface area contributed by atoms with Crippen LogP contribution in [0, 0.1) is 0 Å². The number of para-hydroxylation sites is 1. The highest BCUT2D eigenvalue weighted by Crippen LogP contribution is 2.33. The van der Waals surface area contributed by atoms with Crippen LogP contribution in [0.15, 0.2) is 77.2 Å². The number of carbonyl (C=O) groups is 2. The maximum Gasteiger partial charge on any atom is 0.328 e. The van der Waals surface area contributed by atoms with Gasteiger partial charge in [0.1, 0.15) is 5.52 Å². The van der Waals surface area contributed by atoms with Crippen molar-refractivity contribution in [1.29, 1.82) is 0 Å². The SMILES string of the molecule is O=C(O)C=CC(=O)Nc1ccccc1-c1nc2c(ccc3ccccc32)o1. The first kappa shape index (κ1) is 16.5. The maximum atomic E-state index is 11.9. The number of aromatic nitrogens is 1. The number of fused-ring (bicyclic) bond motifs is 3. The summed E-state index contributed by atoms with van der Waals surface area (Å²) in [6, 6.07) is 18.8. The van der Waals surface area contributed by atoms with Gasteiger partial charge in [-0.15, -0.1) is 0 Å². The lowest BCUT2D eigenvalue weighted by Gasteiger charge is -2.06. The molecule has 4 aromatic rings. The lowest BCUT2D eigenvalue weighted by atomic mass is 10.1. The van der Waals surface area contributed by atoms with Gasteiger partial charge < -0.3 is 14.8 Å². The van der Waals surface area contributed by atoms with Crippen molar-refractivity contribution in [3.05, 3.63) is 72.8 Å². The molecule has 1 aromatic heterocycles. The summed E-state index contributed by atoms with van der Waals surface area (Å²) in [5, 5.41) is 13.3. The van der Waals surface area contributed by atoms with E-state index in [1.54, 1.807) is 18.2 Å². The van der Waals surface area contributed by atoms with Crippen LogP contribution in [0.1, 0.15) is 0 Å². The molecule has 1 amide bonds. The maximum absolute atomic E-state index is 11.9. The van der Waals surface area contributed by atoms with Crippen molar-refractivity contribution >= 4 is 39.4 Å². The van der Waals surface area contributed by atoms with Crippen LogP contribution in [0.25, 0.3) is 33.3 Å². The van der Waals surface area contributed by atoms with Crippen molar-refractivity contribution in [3.8, 4) is 11.5 Å². The summed E-state index contributed by atoms with van der Waals surface area (Å²) < 4.78 is 5.91. The summed E-state index contributed by atoms with van der Waals surface area (Å²) in [7, 11) is 0. The first-order valence-corrected chi connectivity index (χ1v) is 8.21. The molecule has 3 aromatic carbocycles. The van der Waals surface area contributed by atoms with Crippen LogP contribution < -0.4 is 5.32 Å². The van der Waals surface area contributed by atoms with Crippen LogP contribution >= 0.6 is 0 Å². The van der Waals surface area contributed by atoms with E-state index in [2.05, 4.69) is 10.3 Å². The first-order chi connectivity index (χ1) is 13.1. The number of oxazole rings is 1. The Morgan fingerprint density at radius 3 is 2.59 bits per heavy atom. The fourth-order valence-electron chi connectivity index (χ4n) is 2.88. The third-order valence-electron chi connectivity index (χ3n) is 4.08. The van der Waals surface area contributed by atoms with Gasteiger partial charge in [-0.1, -0.05) is 42.5 Å². The smallest absolute Gasteiger partial charge is 0.328 e. The number of rotatable bonds is 4. The van der Waals surface area contributed by atoms with Crippen LogP contribution in [-0.2, 0) is 9.59 Å². The highest BCUT2D eigenvalue weighted by atomic mass is 16.4. The largest absolute Gasteiger partial charge is 0.478 e. The highest BCUT2D eigenvalue weighted by Gasteiger charge is 2.14. The van der Waals surface area contributed by atoms with Crippen LogP contribution in [-0.4, -0.2) is 22.0 Å². The molecular formula is C21H14N2O4. The van der Waals surface area contributed by atoms with Gasteiger partial charge in [-0.3, -0.25) is 4.79 Å². The molecule has 4 rings (SSSR count). The fraction of sp³-hybridized carbons (Fsp3) is 0. The van der Waals surface area contributed by atoms with E-state index in [-0.39, 0.29) is 0 Å². The molecule has 0 aliphatic carbocycles. The molecule has 0 aliphatic rings. The van der Waals surface area contributed by atoms with Gasteiger partial charge in [0.25, 0.3) is 0 Å². The molecule has 132 valence electrons. The van der Waals surface area contributed by atoms with Gasteiger partial charge in [0.15, 0.2) is 5.58 Å². The lowest BCUT2D eigenvalue weighted by molar-refractivity contribution is -0.131. The number of hydrogen-bond acceptors (Lipinski definition) is 4. The second kappa shape index (κ2) is 6.76. The molecule has 0 spiro atoms. The molecule has 0 saturated heterocycles. The normalized spacial score (nSPS) is 11.3. The highest BCUT2D eigenvalue weighted by molar-refractivity contribution is 6.06. The molecule has 1 heterocycles. The van der Waals surface area contributed by atoms with Crippen LogP contribution in [0.5, 0.6) is 0 Å². The third kappa shape index (κ3) is 3.28. The standard InChI is InChI=1S/C21H14N2O4/c24-18(11-12-19(25)26)22-16-8-4-3-7-15(16)21-23-20-14-6-2-1-5-13(14)9-10-17(20)27-21/h1-12H,(H,22,24)(H,25,26). The summed E-state index contributed by atoms with van der Waals surface area (Å²) in [5.41, 5.74) is 2.48. The molecule has 27 heavy (non-hydrogen) atoms. The molecule has 0 fully saturated rings. The molecule has 6 nitrogen and oxygen atoms in total. The van der Waals surface area contributed by atoms with Crippen LogP contribution in [0.4, 0.5) is 5.69 Å². The minimum absolute atomic E-state index is 0.375. The summed E-state index contributed by atoms with van der Waals surface area (Å²) in [4.78, 5) is 27.1. The quantitative estimate of drug-likeness (QED) is 0.533. The molecule has 0 saturated carbocycles. The number of aliphatic carboxylic acids is 1. The number of amides is 1. The van der Waals surface area contributed by atoms with Crippen LogP contribution in [0.3, 0.4) is 0 Å². The number of carbonyl (C=O) groups excluding carboxylic acids is 1. The Labute approximate surface area is 153 Å². The van der Waals surface area contributed by atoms with E-state index in [0.717, 1.165) is 28.4 Å². The molecule has 0 bridgehead atoms. The third-order valence-corrected chi connectivity index (χ3v) is 4.08. The lowest BCUT2D eigenvalue weighted by Crippen LogP contribution is -2.09. The van der Waals surface area contributed by atoms with Gasteiger partial charge in [0.2, 0.25) is 11.8 Å². The number of nitrogens with zero attached hydrogens (tertiary/aromatic N) is 1. The van der Waals surface area contributed by atoms with Crippen LogP contribution in [0.2, 0.25) is 0 Å². The summed E-state index contributed by atoms with van der Waals surface area (Å²) >= 11 is 0. The van der Waals surface area contributed by atoms with Gasteiger partial charge in [-0.25, -0.2) is 9.78 Å². The number of carboxylic acid groups (broad SMARTS) is 1. The van der Waals surface area contributed by atoms with Gasteiger partial charge >= 0.3 is 5.97 Å². The fourth-order valence-corrected chi connectivity index (χ4v) is 2.88. The van der Waals surface area contributed by atoms with E-state index in [1.807, 2.05) is 42.5 Å². The predicted octanol–water partition coefficient (Wildman–Crippen LogP) is 4.23. The van der Waals surface area contributed by atoms with Crippen molar-refractivity contribution in [2.45, 2.75) is 0 Å². The summed E-state index contributed by atoms with van der Waals surface area (Å²) in [6.45, 7) is 0. The summed E-state index contributed by atoms with van der Waals surface area (Å²) in [6.07, 6.45) is 1.74. The van der Waals surface area contributed by atoms with E-state index in [0.29, 0.717) is 22.7 Å². The molecule has 0 aliphatic heterocycles. The number of benzene rings is 3. The average molecular weight is 358 g/mol. The second-order valence-electron chi connectivity index (χ2n) is 5.86. The molecular weight excluding hydrogens is 344 g/mol. The number of nitrogens with one attached hydrogen (secondary N) is 1. The second-order valence-corrected chi connectivity index (χ2v) is 5.86. The molecule has 0 atom stereocenters. The minimum Gasteiger partial charge on any atom is -0.478 e. The predicted molar refractivity (Wildman–Crippen MR) is 102 cm³/mol. The van der Waals surface area contributed by atoms with Gasteiger partial charge in [-0.2, -0.15) is 0 Å². The van der Waals surface area contributed by atoms with Gasteiger partial charge in [0, 0.05) is 17.5 Å². The van der Waals surface area contributed by atoms with E-state index in [1.165, 1.54) is 0 Å². The number of anilines is 1. The number of carboxylic acids is 1. The monoisotopic (exact) mass is 358 g/mol. The Morgan fingerprint density at radius 2 is 1.74 bits per heavy atom. The molecule has 0 unspecified atom stereocenters. The van der Waals surface area contributed by atoms with Crippen molar-refractivity contribution in [3.63, 3.8) is 0 Å². The molecule has 0 radical (unpaired) electrons. The minimum atomic E-state index is -1.19. The van der Waals surface area contributed by atoms with Crippen molar-refractivity contribution in [2.24, 2.45) is 0 Å². The number of hydrogen-bond donors (Lipinski definition) is 2. The van der Waals surface area contributed by atoms with E-state index in [4.69, 9.17) is 9.52 Å². The first-order valence-electron chi connectivity index (χ1n) is 8.21. The Balaban J connectivity index is 1.77. The van der Waals surface area contributed by atoms with E-state index in [9.17, 15) is 9.59 Å². The Morgan fingerprint density at radius 1 is 0.963 bits per heavy atom. The zero-order chi connectivity index (χ0) is 18.8. The zero-order valence-corrected chi connectivity index (χ0v) is 14.0. The van der Waals surface area contributed by atoms with Gasteiger partial charge in [0.05, 0.1) is 11.3 Å². The average Bonchev–Trinajstić information content (AvgIpc) is 3.11. The topological polar surface area (TPSA) is 92.4 Å². The Hall–Kier alpha value is -3.93. The molecule has 6 heteroatoms. The van der Waals surface area contributed by atoms with Crippen molar-refractivity contribution in [1.82, 2.24) is 4.98 Å². The summed E-state index contributed by atoms with van der Waals surface area (Å²) in [5.74, 6) is -1.37. The Kier molecular flexibility index (Phi) is 4.14. The van der Waals surface area contributed by atoms with Crippen molar-refractivity contribution in [2.75, 3.05) is 5.32 Å². The Bertz CT molecular complexity index is 1210. The van der Waals surface area contributed by atoms with E-state index < -0.39 is 11.9 Å². The van der Waals surface area contributed by atoms with E-state index >= 15 is 0 Å². The molecule has 2 N–H and O–H groups in total. The van der Waals surface area contributed by atoms with Gasteiger partial charge in [-0.05, 0) is 23.6 Å².